The van der Waals surface area contributed by atoms with Gasteiger partial charge in [-0.15, -0.1) is 0 Å². The largest absolute Gasteiger partial charge is 0.472 e. The van der Waals surface area contributed by atoms with E-state index in [1.165, 1.54) is 218 Å². The summed E-state index contributed by atoms with van der Waals surface area (Å²) in [5.74, 6) is -0.814. The maximum atomic E-state index is 12.8. The minimum atomic E-state index is -4.40. The first-order valence-corrected chi connectivity index (χ1v) is 41.2. The standard InChI is InChI=1S/C85H148NO8P/c1-3-5-7-9-11-13-15-17-19-21-23-25-27-29-31-33-35-37-39-40-41-42-44-46-48-50-52-54-56-58-60-62-64-66-68-70-72-74-76-78-85(88)94-83(82-93-95(89,90)92-80-79-86)81-91-84(87)77-75-73-71-69-67-65-63-61-59-57-55-53-51-49-47-45-43-38-36-34-32-30-28-26-24-22-20-18-16-14-12-10-8-6-4-2/h5-8,11-14,17-20,23-26,29,31,35,37,40-41,83H,3-4,9-10,15-16,21-22,27-28,30,32-34,36,38-39,42-82,86H2,1-2H3,(H,89,90)/b7-5-,8-6-,13-11-,14-12-,19-17-,20-18-,25-23-,26-24-,31-29-,37-35-,41-40-. The summed E-state index contributed by atoms with van der Waals surface area (Å²) in [6, 6.07) is 0. The van der Waals surface area contributed by atoms with Crippen molar-refractivity contribution in [2.24, 2.45) is 5.73 Å². The fraction of sp³-hybridized carbons (Fsp3) is 0.718. The number of allylic oxidation sites excluding steroid dienone is 22. The summed E-state index contributed by atoms with van der Waals surface area (Å²) >= 11 is 0. The fourth-order valence-electron chi connectivity index (χ4n) is 11.3. The highest BCUT2D eigenvalue weighted by atomic mass is 31.2. The van der Waals surface area contributed by atoms with E-state index in [1.54, 1.807) is 0 Å². The Labute approximate surface area is 586 Å². The normalized spacial score (nSPS) is 13.6. The molecule has 10 heteroatoms. The van der Waals surface area contributed by atoms with E-state index < -0.39 is 26.5 Å². The number of ether oxygens (including phenoxy) is 2. The Morgan fingerprint density at radius 1 is 0.316 bits per heavy atom. The topological polar surface area (TPSA) is 134 Å². The SMILES string of the molecule is CC/C=C\C/C=C\C/C=C\C/C=C\C/C=C\C/C=C\C/C=C\CCCCCCCCCCCCCCCCCCCC(=O)OC(COC(=O)CCCCCCCCCCCCCCCCCCCCCCCC/C=C\C/C=C\C/C=C\C/C=C\CC)COP(=O)(O)OCCN. The van der Waals surface area contributed by atoms with Crippen LogP contribution in [0.3, 0.4) is 0 Å². The molecule has 0 rings (SSSR count). The van der Waals surface area contributed by atoms with E-state index in [0.717, 1.165) is 109 Å². The molecule has 0 spiro atoms. The van der Waals surface area contributed by atoms with Gasteiger partial charge in [0.1, 0.15) is 6.61 Å². The average Bonchev–Trinajstić information content (AvgIpc) is 3.16. The highest BCUT2D eigenvalue weighted by molar-refractivity contribution is 7.47. The molecular weight excluding hydrogens is 1190 g/mol. The van der Waals surface area contributed by atoms with Crippen molar-refractivity contribution in [3.8, 4) is 0 Å². The van der Waals surface area contributed by atoms with Crippen molar-refractivity contribution in [2.45, 2.75) is 367 Å². The second-order valence-corrected chi connectivity index (χ2v) is 27.6. The van der Waals surface area contributed by atoms with E-state index in [-0.39, 0.29) is 38.6 Å². The zero-order chi connectivity index (χ0) is 68.6. The van der Waals surface area contributed by atoms with Crippen LogP contribution in [0.2, 0.25) is 0 Å². The van der Waals surface area contributed by atoms with Gasteiger partial charge < -0.3 is 20.1 Å². The van der Waals surface area contributed by atoms with Gasteiger partial charge in [0.15, 0.2) is 6.10 Å². The minimum absolute atomic E-state index is 0.0514. The Kier molecular flexibility index (Phi) is 75.9. The molecule has 2 atom stereocenters. The molecule has 95 heavy (non-hydrogen) atoms. The Hall–Kier alpha value is -3.85. The molecule has 0 amide bonds. The molecule has 0 aromatic rings. The van der Waals surface area contributed by atoms with Crippen molar-refractivity contribution in [2.75, 3.05) is 26.4 Å². The van der Waals surface area contributed by atoms with Crippen LogP contribution in [0, 0.1) is 0 Å². The van der Waals surface area contributed by atoms with Crippen LogP contribution in [-0.4, -0.2) is 49.3 Å². The number of unbranched alkanes of at least 4 members (excludes halogenated alkanes) is 39. The molecule has 3 N–H and O–H groups in total. The minimum Gasteiger partial charge on any atom is -0.462 e. The van der Waals surface area contributed by atoms with Gasteiger partial charge in [-0.1, -0.05) is 372 Å². The molecule has 546 valence electrons. The van der Waals surface area contributed by atoms with Crippen LogP contribution in [0.1, 0.15) is 361 Å². The van der Waals surface area contributed by atoms with Gasteiger partial charge in [0.2, 0.25) is 0 Å². The van der Waals surface area contributed by atoms with Crippen molar-refractivity contribution < 1.29 is 37.6 Å². The van der Waals surface area contributed by atoms with Gasteiger partial charge in [-0.25, -0.2) is 4.57 Å². The zero-order valence-electron chi connectivity index (χ0n) is 61.6. The number of hydrogen-bond acceptors (Lipinski definition) is 8. The first-order chi connectivity index (χ1) is 46.8. The van der Waals surface area contributed by atoms with Gasteiger partial charge in [0.25, 0.3) is 0 Å². The quantitative estimate of drug-likeness (QED) is 0.0264. The van der Waals surface area contributed by atoms with Crippen molar-refractivity contribution in [1.29, 1.82) is 0 Å². The summed E-state index contributed by atoms with van der Waals surface area (Å²) in [6.45, 7) is 3.56. The van der Waals surface area contributed by atoms with Gasteiger partial charge >= 0.3 is 19.8 Å². The molecule has 0 fully saturated rings. The van der Waals surface area contributed by atoms with Crippen LogP contribution in [-0.2, 0) is 32.7 Å². The number of nitrogens with two attached hydrogens (primary N) is 1. The van der Waals surface area contributed by atoms with Crippen LogP contribution >= 0.6 is 7.82 Å². The lowest BCUT2D eigenvalue weighted by Gasteiger charge is -2.19. The third-order valence-electron chi connectivity index (χ3n) is 17.0. The molecule has 0 saturated carbocycles. The smallest absolute Gasteiger partial charge is 0.462 e. The lowest BCUT2D eigenvalue weighted by molar-refractivity contribution is -0.161. The van der Waals surface area contributed by atoms with E-state index in [0.29, 0.717) is 6.42 Å². The molecule has 0 saturated heterocycles. The summed E-state index contributed by atoms with van der Waals surface area (Å²) in [4.78, 5) is 35.5. The average molecular weight is 1340 g/mol. The van der Waals surface area contributed by atoms with Gasteiger partial charge in [-0.2, -0.15) is 0 Å². The summed E-state index contributed by atoms with van der Waals surface area (Å²) in [6.07, 6.45) is 113. The predicted molar refractivity (Wildman–Crippen MR) is 413 cm³/mol. The molecule has 0 aliphatic rings. The van der Waals surface area contributed by atoms with Crippen molar-refractivity contribution in [1.82, 2.24) is 0 Å². The molecule has 2 unspecified atom stereocenters. The van der Waals surface area contributed by atoms with Crippen LogP contribution in [0.15, 0.2) is 134 Å². The third kappa shape index (κ3) is 79.0. The van der Waals surface area contributed by atoms with Crippen molar-refractivity contribution in [3.63, 3.8) is 0 Å². The first kappa shape index (κ1) is 91.2. The number of esters is 2. The number of carbonyl (C=O) groups is 2. The summed E-state index contributed by atoms with van der Waals surface area (Å²) in [5, 5.41) is 0. The second kappa shape index (κ2) is 79.1. The zero-order valence-corrected chi connectivity index (χ0v) is 62.5. The maximum absolute atomic E-state index is 12.8. The molecule has 0 aromatic carbocycles. The Bertz CT molecular complexity index is 2030. The third-order valence-corrected chi connectivity index (χ3v) is 18.0. The fourth-order valence-corrected chi connectivity index (χ4v) is 12.0. The number of hydrogen-bond donors (Lipinski definition) is 2. The molecule has 0 radical (unpaired) electrons. The molecule has 0 aliphatic carbocycles. The number of carbonyl (C=O) groups excluding carboxylic acids is 2. The van der Waals surface area contributed by atoms with E-state index in [4.69, 9.17) is 24.3 Å². The Balaban J connectivity index is 3.81. The number of phosphoric acid groups is 1. The second-order valence-electron chi connectivity index (χ2n) is 26.2. The Morgan fingerprint density at radius 3 is 0.811 bits per heavy atom. The van der Waals surface area contributed by atoms with E-state index in [2.05, 4.69) is 148 Å². The lowest BCUT2D eigenvalue weighted by Crippen LogP contribution is -2.29. The monoisotopic (exact) mass is 1340 g/mol. The highest BCUT2D eigenvalue weighted by Crippen LogP contribution is 2.43. The molecule has 0 aliphatic heterocycles. The summed E-state index contributed by atoms with van der Waals surface area (Å²) in [7, 11) is -4.40. The van der Waals surface area contributed by atoms with Gasteiger partial charge in [0.05, 0.1) is 13.2 Å². The predicted octanol–water partition coefficient (Wildman–Crippen LogP) is 26.8. The highest BCUT2D eigenvalue weighted by Gasteiger charge is 2.26. The molecular formula is C85H148NO8P. The van der Waals surface area contributed by atoms with Crippen LogP contribution in [0.5, 0.6) is 0 Å². The maximum Gasteiger partial charge on any atom is 0.472 e. The Morgan fingerprint density at radius 2 is 0.547 bits per heavy atom. The van der Waals surface area contributed by atoms with Crippen molar-refractivity contribution in [3.05, 3.63) is 134 Å². The number of phosphoric ester groups is 1. The molecule has 0 aromatic heterocycles. The van der Waals surface area contributed by atoms with Crippen LogP contribution in [0.4, 0.5) is 0 Å². The van der Waals surface area contributed by atoms with E-state index >= 15 is 0 Å². The number of rotatable bonds is 74. The van der Waals surface area contributed by atoms with Crippen LogP contribution in [0.25, 0.3) is 0 Å². The van der Waals surface area contributed by atoms with Crippen LogP contribution < -0.4 is 5.73 Å². The molecule has 0 heterocycles. The summed E-state index contributed by atoms with van der Waals surface area (Å²) < 4.78 is 33.3. The van der Waals surface area contributed by atoms with Gasteiger partial charge in [-0.05, 0) is 109 Å². The van der Waals surface area contributed by atoms with E-state index in [9.17, 15) is 19.0 Å². The first-order valence-electron chi connectivity index (χ1n) is 39.7. The van der Waals surface area contributed by atoms with Gasteiger partial charge in [0, 0.05) is 19.4 Å². The van der Waals surface area contributed by atoms with E-state index in [1.807, 2.05) is 0 Å². The van der Waals surface area contributed by atoms with Crippen molar-refractivity contribution >= 4 is 19.8 Å². The lowest BCUT2D eigenvalue weighted by atomic mass is 10.0. The van der Waals surface area contributed by atoms with Gasteiger partial charge in [-0.3, -0.25) is 18.6 Å². The molecule has 9 nitrogen and oxygen atoms in total. The summed E-state index contributed by atoms with van der Waals surface area (Å²) in [5.41, 5.74) is 5.42. The molecule has 0 bridgehead atoms.